The van der Waals surface area contributed by atoms with Gasteiger partial charge in [0, 0.05) is 0 Å². The Balaban J connectivity index is -0.0000000655. The first-order chi connectivity index (χ1) is 6.81. The minimum absolute atomic E-state index is 0. The summed E-state index contributed by atoms with van der Waals surface area (Å²) in [6.45, 7) is 0. The Labute approximate surface area is 195 Å². The molecule has 3 nitrogen and oxygen atoms in total. The van der Waals surface area contributed by atoms with E-state index in [-0.39, 0.29) is 32.6 Å². The van der Waals surface area contributed by atoms with Crippen molar-refractivity contribution < 1.29 is 26.8 Å². The van der Waals surface area contributed by atoms with Crippen LogP contribution in [0.5, 0.6) is 0 Å². The van der Waals surface area contributed by atoms with Crippen LogP contribution in [0.25, 0.3) is 0 Å². The molecular weight excluding hydrogens is 448 g/mol. The first-order valence-corrected chi connectivity index (χ1v) is 7.96. The molecule has 0 aromatic heterocycles. The second kappa shape index (κ2) is 24.0. The van der Waals surface area contributed by atoms with Crippen LogP contribution in [-0.4, -0.2) is 98.4 Å². The Morgan fingerprint density at radius 1 is 0.688 bits per heavy atom. The molecular formula is C3Na3O3RhS6. The monoisotopic (exact) mass is 448 g/mol. The molecule has 0 aliphatic heterocycles. The Kier molecular flexibility index (Phi) is 42.3. The smallest absolute Gasteiger partial charge is 3.00 e. The summed E-state index contributed by atoms with van der Waals surface area (Å²) in [5.74, 6) is 0. The van der Waals surface area contributed by atoms with Gasteiger partial charge in [-0.2, -0.15) is 0 Å². The predicted molar refractivity (Wildman–Crippen MR) is 80.4 cm³/mol. The molecule has 0 unspecified atom stereocenters. The molecule has 78 valence electrons. The first-order valence-electron chi connectivity index (χ1n) is 3.06. The first kappa shape index (κ1) is 28.2. The van der Waals surface area contributed by atoms with Gasteiger partial charge in [0.15, 0.2) is 0 Å². The molecule has 0 fully saturated rings. The van der Waals surface area contributed by atoms with Crippen molar-refractivity contribution in [3.05, 3.63) is 0 Å². The van der Waals surface area contributed by atoms with Crippen LogP contribution < -0.4 is 0 Å². The van der Waals surface area contributed by atoms with E-state index in [9.17, 15) is 0 Å². The van der Waals surface area contributed by atoms with Gasteiger partial charge < -0.3 is 0 Å². The van der Waals surface area contributed by atoms with Crippen LogP contribution in [0.3, 0.4) is 0 Å². The summed E-state index contributed by atoms with van der Waals surface area (Å²) in [4.78, 5) is 0. The van der Waals surface area contributed by atoms with E-state index in [4.69, 9.17) is 0 Å². The summed E-state index contributed by atoms with van der Waals surface area (Å²) in [5.41, 5.74) is 0. The van der Waals surface area contributed by atoms with Gasteiger partial charge in [0.2, 0.25) is 0 Å². The average Bonchev–Trinajstić information content (AvgIpc) is 2.19. The number of rotatable bonds is 0. The van der Waals surface area contributed by atoms with Gasteiger partial charge >= 0.3 is 200 Å². The summed E-state index contributed by atoms with van der Waals surface area (Å²) in [6.07, 6.45) is 0. The predicted octanol–water partition coefficient (Wildman–Crippen LogP) is -0.248. The molecule has 0 aromatic rings. The summed E-state index contributed by atoms with van der Waals surface area (Å²) in [6, 6.07) is 0. The standard InChI is InChI=1S/3CH2OS2.3Na.Rh/c3*2-1(3)4;;;;/h3*(H2,2,3,4);;;;/q;;;3*+1;+3/p-6. The second-order valence-electron chi connectivity index (χ2n) is 1.36. The Morgan fingerprint density at radius 2 is 0.750 bits per heavy atom. The zero-order valence-corrected chi connectivity index (χ0v) is 21.0. The van der Waals surface area contributed by atoms with Crippen LogP contribution in [0.1, 0.15) is 0 Å². The molecule has 0 aliphatic rings. The molecule has 0 aromatic carbocycles. The average molecular weight is 448 g/mol. The Bertz CT molecular complexity index is 173. The molecule has 0 aliphatic carbocycles. The van der Waals surface area contributed by atoms with Gasteiger partial charge in [0.1, 0.15) is 0 Å². The van der Waals surface area contributed by atoms with Gasteiger partial charge in [-0.05, 0) is 0 Å². The summed E-state index contributed by atoms with van der Waals surface area (Å²) in [7, 11) is 0. The van der Waals surface area contributed by atoms with Gasteiger partial charge in [-0.15, -0.1) is 0 Å². The third-order valence-electron chi connectivity index (χ3n) is 0.500. The van der Waals surface area contributed by atoms with E-state index in [1.165, 1.54) is 0 Å². The third-order valence-corrected chi connectivity index (χ3v) is 4.50. The van der Waals surface area contributed by atoms with E-state index in [1.807, 2.05) is 0 Å². The van der Waals surface area contributed by atoms with Crippen LogP contribution in [-0.2, 0) is 64.6 Å². The summed E-state index contributed by atoms with van der Waals surface area (Å²) < 4.78 is 14.0. The van der Waals surface area contributed by atoms with Gasteiger partial charge in [-0.3, -0.25) is 0 Å². The number of thiocarbonyl (C=S) groups is 3. The molecule has 0 heterocycles. The van der Waals surface area contributed by atoms with Gasteiger partial charge in [0.25, 0.3) is 0 Å². The maximum absolute atomic E-state index is 4.44. The van der Waals surface area contributed by atoms with Crippen molar-refractivity contribution >= 4 is 173 Å². The van der Waals surface area contributed by atoms with E-state index >= 15 is 0 Å². The van der Waals surface area contributed by atoms with Crippen molar-refractivity contribution in [3.8, 4) is 0 Å². The van der Waals surface area contributed by atoms with Crippen LogP contribution >= 0.6 is 36.7 Å². The normalized spacial score (nSPS) is 6.38. The van der Waals surface area contributed by atoms with E-state index in [2.05, 4.69) is 81.8 Å². The van der Waals surface area contributed by atoms with E-state index < -0.39 is 0 Å². The van der Waals surface area contributed by atoms with Crippen molar-refractivity contribution in [2.45, 2.75) is 0 Å². The molecule has 0 saturated carbocycles. The van der Waals surface area contributed by atoms with E-state index in [0.29, 0.717) is 85.2 Å². The largest absolute Gasteiger partial charge is 3.00 e. The third kappa shape index (κ3) is 52.1. The fraction of sp³-hybridized carbons (Fsp3) is 0. The molecule has 0 N–H and O–H groups in total. The summed E-state index contributed by atoms with van der Waals surface area (Å²) >= 11 is 27.8. The van der Waals surface area contributed by atoms with Crippen LogP contribution in [0, 0.1) is 0 Å². The zero-order chi connectivity index (χ0) is 12.9. The second-order valence-corrected chi connectivity index (χ2v) is 5.59. The van der Waals surface area contributed by atoms with E-state index in [0.717, 1.165) is 0 Å². The minimum atomic E-state index is 0. The SMILES string of the molecule is [Na][O]C(=S)[S-].[Na][O]C(=S)[S-].[Na][O]C(=S)[S-].[Rh+3]. The van der Waals surface area contributed by atoms with E-state index in [1.54, 1.807) is 0 Å². The molecule has 0 bridgehead atoms. The molecule has 0 amide bonds. The molecule has 0 spiro atoms. The van der Waals surface area contributed by atoms with Crippen molar-refractivity contribution in [1.82, 2.24) is 0 Å². The van der Waals surface area contributed by atoms with Crippen LogP contribution in [0.4, 0.5) is 0 Å². The maximum atomic E-state index is 4.44. The fourth-order valence-electron chi connectivity index (χ4n) is 0. The minimum Gasteiger partial charge on any atom is 3.00 e. The van der Waals surface area contributed by atoms with Gasteiger partial charge in [-0.1, -0.05) is 0 Å². The van der Waals surface area contributed by atoms with Crippen LogP contribution in [0.2, 0.25) is 0 Å². The topological polar surface area (TPSA) is 27.7 Å². The Hall–Kier alpha value is 3.95. The quantitative estimate of drug-likeness (QED) is 0.283. The molecule has 0 atom stereocenters. The van der Waals surface area contributed by atoms with Crippen molar-refractivity contribution in [1.29, 1.82) is 0 Å². The number of hydrogen-bond acceptors (Lipinski definition) is 9. The Morgan fingerprint density at radius 3 is 0.750 bits per heavy atom. The molecule has 13 heteroatoms. The maximum Gasteiger partial charge on any atom is 3.00 e. The molecule has 0 rings (SSSR count). The molecule has 0 saturated heterocycles. The van der Waals surface area contributed by atoms with Gasteiger partial charge in [0.05, 0.1) is 0 Å². The van der Waals surface area contributed by atoms with Gasteiger partial charge in [-0.25, -0.2) is 0 Å². The molecule has 16 heavy (non-hydrogen) atoms. The van der Waals surface area contributed by atoms with Crippen molar-refractivity contribution in [2.75, 3.05) is 0 Å². The molecule has 0 radical (unpaired) electrons. The van der Waals surface area contributed by atoms with Crippen LogP contribution in [0.15, 0.2) is 0 Å². The van der Waals surface area contributed by atoms with Crippen molar-refractivity contribution in [3.63, 3.8) is 0 Å². The number of hydrogen-bond donors (Lipinski definition) is 0. The summed E-state index contributed by atoms with van der Waals surface area (Å²) in [5, 5.41) is 0. The van der Waals surface area contributed by atoms with Crippen molar-refractivity contribution in [2.24, 2.45) is 0 Å². The fourth-order valence-corrected chi connectivity index (χ4v) is 0. The zero-order valence-electron chi connectivity index (χ0n) is 8.51.